The van der Waals surface area contributed by atoms with E-state index >= 15 is 0 Å². The molecule has 0 aliphatic heterocycles. The molecule has 0 unspecified atom stereocenters. The SMILES string of the molecule is COc1cc(B(O)O)cc(OC)c1OC.OBO. The molecule has 0 bridgehead atoms. The summed E-state index contributed by atoms with van der Waals surface area (Å²) in [6, 6.07) is 2.96. The average molecular weight is 258 g/mol. The fourth-order valence-electron chi connectivity index (χ4n) is 1.25. The number of hydrogen-bond acceptors (Lipinski definition) is 7. The summed E-state index contributed by atoms with van der Waals surface area (Å²) >= 11 is 0. The number of rotatable bonds is 4. The predicted molar refractivity (Wildman–Crippen MR) is 67.5 cm³/mol. The van der Waals surface area contributed by atoms with E-state index in [1.54, 1.807) is 0 Å². The minimum Gasteiger partial charge on any atom is -0.493 e. The molecule has 0 saturated heterocycles. The summed E-state index contributed by atoms with van der Waals surface area (Å²) in [5.41, 5.74) is 0.282. The van der Waals surface area contributed by atoms with Crippen LogP contribution >= 0.6 is 0 Å². The number of methoxy groups -OCH3 is 3. The molecule has 1 aromatic rings. The Morgan fingerprint density at radius 2 is 1.33 bits per heavy atom. The molecule has 4 N–H and O–H groups in total. The zero-order valence-corrected chi connectivity index (χ0v) is 10.5. The van der Waals surface area contributed by atoms with Crippen LogP contribution in [0.3, 0.4) is 0 Å². The first-order valence-electron chi connectivity index (χ1n) is 4.93. The van der Waals surface area contributed by atoms with E-state index in [0.29, 0.717) is 17.2 Å². The Kier molecular flexibility index (Phi) is 7.97. The van der Waals surface area contributed by atoms with Crippen molar-refractivity contribution < 1.29 is 34.3 Å². The molecule has 0 aliphatic rings. The Balaban J connectivity index is 0.000000873. The smallest absolute Gasteiger partial charge is 0.488 e. The number of hydrogen-bond donors (Lipinski definition) is 4. The Bertz CT molecular complexity index is 334. The second-order valence-corrected chi connectivity index (χ2v) is 2.97. The number of benzene rings is 1. The molecule has 7 nitrogen and oxygen atoms in total. The molecule has 0 spiro atoms. The Morgan fingerprint density at radius 3 is 1.56 bits per heavy atom. The quantitative estimate of drug-likeness (QED) is 0.447. The molecular weight excluding hydrogens is 242 g/mol. The highest BCUT2D eigenvalue weighted by atomic mass is 16.5. The highest BCUT2D eigenvalue weighted by Crippen LogP contribution is 2.35. The van der Waals surface area contributed by atoms with Gasteiger partial charge in [-0.2, -0.15) is 0 Å². The molecule has 100 valence electrons. The third-order valence-electron chi connectivity index (χ3n) is 1.99. The molecule has 0 atom stereocenters. The van der Waals surface area contributed by atoms with Gasteiger partial charge in [0.15, 0.2) is 11.5 Å². The minimum atomic E-state index is -1.57. The van der Waals surface area contributed by atoms with Gasteiger partial charge in [0, 0.05) is 0 Å². The molecule has 1 rings (SSSR count). The highest BCUT2D eigenvalue weighted by molar-refractivity contribution is 6.58. The van der Waals surface area contributed by atoms with Crippen molar-refractivity contribution in [2.75, 3.05) is 21.3 Å². The lowest BCUT2D eigenvalue weighted by molar-refractivity contribution is 0.324. The lowest BCUT2D eigenvalue weighted by atomic mass is 9.80. The standard InChI is InChI=1S/C9H13BO5.BH3O2/c1-13-7-4-6(10(11)12)5-8(14-2)9(7)15-3;2-1-3/h4-5,11-12H,1-3H3;1-3H. The van der Waals surface area contributed by atoms with Gasteiger partial charge in [0.1, 0.15) is 0 Å². The maximum Gasteiger partial charge on any atom is 0.488 e. The van der Waals surface area contributed by atoms with Crippen LogP contribution in [0.1, 0.15) is 0 Å². The van der Waals surface area contributed by atoms with Gasteiger partial charge in [0.25, 0.3) is 0 Å². The van der Waals surface area contributed by atoms with Crippen LogP contribution in [0.5, 0.6) is 17.2 Å². The van der Waals surface area contributed by atoms with Gasteiger partial charge in [-0.05, 0) is 17.6 Å². The zero-order valence-electron chi connectivity index (χ0n) is 10.5. The van der Waals surface area contributed by atoms with Crippen molar-refractivity contribution in [1.29, 1.82) is 0 Å². The third-order valence-corrected chi connectivity index (χ3v) is 1.99. The van der Waals surface area contributed by atoms with Crippen molar-refractivity contribution in [3.63, 3.8) is 0 Å². The van der Waals surface area contributed by atoms with Gasteiger partial charge in [-0.1, -0.05) is 0 Å². The van der Waals surface area contributed by atoms with E-state index in [2.05, 4.69) is 0 Å². The highest BCUT2D eigenvalue weighted by Gasteiger charge is 2.19. The first-order valence-corrected chi connectivity index (χ1v) is 4.93. The second-order valence-electron chi connectivity index (χ2n) is 2.97. The summed E-state index contributed by atoms with van der Waals surface area (Å²) in [5.74, 6) is 1.20. The van der Waals surface area contributed by atoms with Gasteiger partial charge in [-0.15, -0.1) is 0 Å². The van der Waals surface area contributed by atoms with E-state index in [4.69, 9.17) is 34.3 Å². The first kappa shape index (κ1) is 16.6. The fraction of sp³-hybridized carbons (Fsp3) is 0.333. The maximum absolute atomic E-state index is 9.03. The van der Waals surface area contributed by atoms with Crippen LogP contribution in [0.15, 0.2) is 12.1 Å². The minimum absolute atomic E-state index is 0.282. The van der Waals surface area contributed by atoms with Crippen LogP contribution in [0.25, 0.3) is 0 Å². The average Bonchev–Trinajstić information content (AvgIpc) is 2.37. The van der Waals surface area contributed by atoms with Crippen LogP contribution in [0, 0.1) is 0 Å². The first-order chi connectivity index (χ1) is 8.55. The van der Waals surface area contributed by atoms with Gasteiger partial charge in [0.2, 0.25) is 5.75 Å². The predicted octanol–water partition coefficient (Wildman–Crippen LogP) is -2.37. The molecule has 0 aliphatic carbocycles. The van der Waals surface area contributed by atoms with Crippen molar-refractivity contribution in [3.8, 4) is 17.2 Å². The summed E-state index contributed by atoms with van der Waals surface area (Å²) in [4.78, 5) is 0. The Labute approximate surface area is 106 Å². The van der Waals surface area contributed by atoms with E-state index in [9.17, 15) is 0 Å². The largest absolute Gasteiger partial charge is 0.493 e. The monoisotopic (exact) mass is 258 g/mol. The van der Waals surface area contributed by atoms with Crippen molar-refractivity contribution in [2.24, 2.45) is 0 Å². The van der Waals surface area contributed by atoms with Gasteiger partial charge in [-0.3, -0.25) is 0 Å². The molecule has 0 saturated carbocycles. The topological polar surface area (TPSA) is 109 Å². The zero-order chi connectivity index (χ0) is 14.1. The summed E-state index contributed by atoms with van der Waals surface area (Å²) < 4.78 is 15.2. The second kappa shape index (κ2) is 8.65. The van der Waals surface area contributed by atoms with Crippen molar-refractivity contribution >= 4 is 20.3 Å². The molecule has 18 heavy (non-hydrogen) atoms. The normalized spacial score (nSPS) is 8.83. The Morgan fingerprint density at radius 1 is 0.944 bits per heavy atom. The van der Waals surface area contributed by atoms with Crippen LogP contribution in [0.4, 0.5) is 0 Å². The van der Waals surface area contributed by atoms with Crippen LogP contribution < -0.4 is 19.7 Å². The van der Waals surface area contributed by atoms with E-state index in [0.717, 1.165) is 0 Å². The molecule has 9 heteroatoms. The third kappa shape index (κ3) is 4.46. The molecule has 0 radical (unpaired) electrons. The molecule has 0 aromatic heterocycles. The molecule has 0 fully saturated rings. The van der Waals surface area contributed by atoms with Gasteiger partial charge in [-0.25, -0.2) is 0 Å². The van der Waals surface area contributed by atoms with E-state index in [1.165, 1.54) is 33.5 Å². The molecule has 1 aromatic carbocycles. The van der Waals surface area contributed by atoms with Crippen LogP contribution in [-0.4, -0.2) is 56.2 Å². The summed E-state index contributed by atoms with van der Waals surface area (Å²) in [7, 11) is 2.09. The van der Waals surface area contributed by atoms with Crippen molar-refractivity contribution in [3.05, 3.63) is 12.1 Å². The Hall–Kier alpha value is -1.41. The maximum atomic E-state index is 9.03. The van der Waals surface area contributed by atoms with Crippen molar-refractivity contribution in [1.82, 2.24) is 0 Å². The lowest BCUT2D eigenvalue weighted by Crippen LogP contribution is -2.30. The molecule has 0 heterocycles. The summed E-state index contributed by atoms with van der Waals surface area (Å²) in [5, 5.41) is 32.3. The fourth-order valence-corrected chi connectivity index (χ4v) is 1.25. The van der Waals surface area contributed by atoms with Gasteiger partial charge < -0.3 is 34.3 Å². The van der Waals surface area contributed by atoms with Gasteiger partial charge >= 0.3 is 14.8 Å². The summed E-state index contributed by atoms with van der Waals surface area (Å²) in [6.45, 7) is 0. The molecular formula is C9H16B2O7. The van der Waals surface area contributed by atoms with E-state index in [1.807, 2.05) is 0 Å². The number of ether oxygens (including phenoxy) is 3. The van der Waals surface area contributed by atoms with Crippen LogP contribution in [-0.2, 0) is 0 Å². The molecule has 0 amide bonds. The van der Waals surface area contributed by atoms with E-state index in [-0.39, 0.29) is 5.46 Å². The van der Waals surface area contributed by atoms with E-state index < -0.39 is 14.8 Å². The van der Waals surface area contributed by atoms with Crippen LogP contribution in [0.2, 0.25) is 0 Å². The lowest BCUT2D eigenvalue weighted by Gasteiger charge is -2.13. The van der Waals surface area contributed by atoms with Gasteiger partial charge in [0.05, 0.1) is 21.3 Å². The summed E-state index contributed by atoms with van der Waals surface area (Å²) in [6.07, 6.45) is 0. The van der Waals surface area contributed by atoms with Crippen molar-refractivity contribution in [2.45, 2.75) is 0 Å².